The van der Waals surface area contributed by atoms with Crippen molar-refractivity contribution >= 4 is 0 Å². The van der Waals surface area contributed by atoms with Gasteiger partial charge in [-0.2, -0.15) is 5.26 Å². The fraction of sp³-hybridized carbons (Fsp3) is 0.500. The van der Waals surface area contributed by atoms with Crippen molar-refractivity contribution in [1.29, 1.82) is 5.26 Å². The van der Waals surface area contributed by atoms with Gasteiger partial charge in [0.2, 0.25) is 0 Å². The molecule has 3 N–H and O–H groups in total. The summed E-state index contributed by atoms with van der Waals surface area (Å²) >= 11 is 0. The predicted molar refractivity (Wildman–Crippen MR) is 71.5 cm³/mol. The van der Waals surface area contributed by atoms with Crippen LogP contribution in [0, 0.1) is 11.3 Å². The lowest BCUT2D eigenvalue weighted by Crippen LogP contribution is -2.49. The van der Waals surface area contributed by atoms with Gasteiger partial charge in [0.15, 0.2) is 0 Å². The van der Waals surface area contributed by atoms with Gasteiger partial charge in [-0.25, -0.2) is 10.9 Å². The van der Waals surface area contributed by atoms with E-state index in [-0.39, 0.29) is 17.7 Å². The van der Waals surface area contributed by atoms with E-state index in [9.17, 15) is 0 Å². The van der Waals surface area contributed by atoms with Crippen molar-refractivity contribution < 1.29 is 0 Å². The highest BCUT2D eigenvalue weighted by atomic mass is 15.5. The van der Waals surface area contributed by atoms with Crippen LogP contribution >= 0.6 is 0 Å². The second-order valence-electron chi connectivity index (χ2n) is 5.76. The third kappa shape index (κ3) is 3.30. The quantitative estimate of drug-likeness (QED) is 0.742. The van der Waals surface area contributed by atoms with Crippen molar-refractivity contribution in [2.45, 2.75) is 44.9 Å². The molecule has 1 aromatic carbocycles. The van der Waals surface area contributed by atoms with Crippen LogP contribution < -0.4 is 16.2 Å². The summed E-state index contributed by atoms with van der Waals surface area (Å²) < 4.78 is 0. The topological polar surface area (TPSA) is 59.9 Å². The number of rotatable bonds is 2. The van der Waals surface area contributed by atoms with Gasteiger partial charge in [0.1, 0.15) is 0 Å². The molecular weight excluding hydrogens is 224 g/mol. The molecule has 96 valence electrons. The van der Waals surface area contributed by atoms with E-state index >= 15 is 0 Å². The van der Waals surface area contributed by atoms with Gasteiger partial charge >= 0.3 is 0 Å². The van der Waals surface area contributed by atoms with Crippen molar-refractivity contribution in [3.63, 3.8) is 0 Å². The van der Waals surface area contributed by atoms with Gasteiger partial charge in [0.25, 0.3) is 0 Å². The monoisotopic (exact) mass is 244 g/mol. The third-order valence-corrected chi connectivity index (χ3v) is 2.95. The summed E-state index contributed by atoms with van der Waals surface area (Å²) in [5.74, 6) is 0. The first-order valence-corrected chi connectivity index (χ1v) is 6.27. The van der Waals surface area contributed by atoms with Gasteiger partial charge in [0.05, 0.1) is 17.8 Å². The molecule has 2 unspecified atom stereocenters. The molecule has 0 aliphatic carbocycles. The summed E-state index contributed by atoms with van der Waals surface area (Å²) in [6.45, 7) is 6.47. The highest BCUT2D eigenvalue weighted by Gasteiger charge is 2.27. The molecule has 0 saturated carbocycles. The number of hydrogen-bond acceptors (Lipinski definition) is 4. The van der Waals surface area contributed by atoms with Crippen LogP contribution in [0.3, 0.4) is 0 Å². The first kappa shape index (κ1) is 13.0. The highest BCUT2D eigenvalue weighted by molar-refractivity contribution is 5.33. The Labute approximate surface area is 108 Å². The molecule has 0 bridgehead atoms. The average molecular weight is 244 g/mol. The van der Waals surface area contributed by atoms with E-state index in [1.165, 1.54) is 5.56 Å². The highest BCUT2D eigenvalue weighted by Crippen LogP contribution is 2.22. The number of nitrogens with zero attached hydrogens (tertiary/aromatic N) is 1. The smallest absolute Gasteiger partial charge is 0.0991 e. The molecule has 1 aliphatic heterocycles. The molecular formula is C14H20N4. The third-order valence-electron chi connectivity index (χ3n) is 2.95. The Bertz CT molecular complexity index is 438. The second kappa shape index (κ2) is 5.07. The van der Waals surface area contributed by atoms with E-state index in [1.807, 2.05) is 24.3 Å². The van der Waals surface area contributed by atoms with Gasteiger partial charge in [0, 0.05) is 11.6 Å². The number of benzene rings is 1. The zero-order valence-electron chi connectivity index (χ0n) is 11.1. The summed E-state index contributed by atoms with van der Waals surface area (Å²) in [6.07, 6.45) is 1.26. The lowest BCUT2D eigenvalue weighted by atomic mass is 10.0. The van der Waals surface area contributed by atoms with Crippen LogP contribution in [0.15, 0.2) is 24.3 Å². The summed E-state index contributed by atoms with van der Waals surface area (Å²) in [6, 6.07) is 10.2. The molecule has 0 aromatic heterocycles. The van der Waals surface area contributed by atoms with Crippen LogP contribution in [0.25, 0.3) is 0 Å². The van der Waals surface area contributed by atoms with Crippen molar-refractivity contribution in [3.8, 4) is 6.07 Å². The summed E-state index contributed by atoms with van der Waals surface area (Å²) in [5.41, 5.74) is 8.56. The number of nitrogens with one attached hydrogen (secondary N) is 3. The Hall–Kier alpha value is -1.41. The molecule has 0 radical (unpaired) electrons. The fourth-order valence-corrected chi connectivity index (χ4v) is 2.18. The Morgan fingerprint density at radius 1 is 1.22 bits per heavy atom. The Morgan fingerprint density at radius 3 is 2.44 bits per heavy atom. The standard InChI is InChI=1S/C14H20N4/c1-14(2,3)16-13-8-12(17-18-13)11-6-4-10(9-15)5-7-11/h4-7,12-13,16-18H,8H2,1-3H3. The minimum Gasteiger partial charge on any atom is -0.296 e. The van der Waals surface area contributed by atoms with Gasteiger partial charge in [-0.15, -0.1) is 0 Å². The minimum atomic E-state index is 0.0961. The van der Waals surface area contributed by atoms with Gasteiger partial charge in [-0.05, 0) is 44.9 Å². The van der Waals surface area contributed by atoms with Gasteiger partial charge in [-0.1, -0.05) is 12.1 Å². The molecule has 1 aliphatic rings. The van der Waals surface area contributed by atoms with Crippen LogP contribution in [0.2, 0.25) is 0 Å². The van der Waals surface area contributed by atoms with Crippen LogP contribution in [0.1, 0.15) is 44.4 Å². The molecule has 1 saturated heterocycles. The lowest BCUT2D eigenvalue weighted by molar-refractivity contribution is 0.333. The van der Waals surface area contributed by atoms with E-state index in [0.717, 1.165) is 6.42 Å². The normalized spacial score (nSPS) is 23.9. The van der Waals surface area contributed by atoms with E-state index in [2.05, 4.69) is 43.0 Å². The average Bonchev–Trinajstić information content (AvgIpc) is 2.75. The van der Waals surface area contributed by atoms with Crippen molar-refractivity contribution in [2.75, 3.05) is 0 Å². The molecule has 1 fully saturated rings. The molecule has 1 aromatic rings. The maximum Gasteiger partial charge on any atom is 0.0991 e. The van der Waals surface area contributed by atoms with E-state index in [4.69, 9.17) is 5.26 Å². The summed E-state index contributed by atoms with van der Waals surface area (Å²) in [7, 11) is 0. The Morgan fingerprint density at radius 2 is 1.89 bits per heavy atom. The number of nitriles is 1. The van der Waals surface area contributed by atoms with Crippen LogP contribution in [-0.4, -0.2) is 11.7 Å². The van der Waals surface area contributed by atoms with Crippen molar-refractivity contribution in [1.82, 2.24) is 16.2 Å². The van der Waals surface area contributed by atoms with E-state index in [0.29, 0.717) is 5.56 Å². The zero-order chi connectivity index (χ0) is 13.2. The van der Waals surface area contributed by atoms with Crippen LogP contribution in [-0.2, 0) is 0 Å². The van der Waals surface area contributed by atoms with E-state index in [1.54, 1.807) is 0 Å². The van der Waals surface area contributed by atoms with Crippen molar-refractivity contribution in [2.24, 2.45) is 0 Å². The predicted octanol–water partition coefficient (Wildman–Crippen LogP) is 1.81. The number of hydrogen-bond donors (Lipinski definition) is 3. The molecule has 0 amide bonds. The summed E-state index contributed by atoms with van der Waals surface area (Å²) in [5, 5.41) is 12.3. The first-order valence-electron chi connectivity index (χ1n) is 6.27. The zero-order valence-corrected chi connectivity index (χ0v) is 11.1. The minimum absolute atomic E-state index is 0.0961. The molecule has 4 heteroatoms. The van der Waals surface area contributed by atoms with Gasteiger partial charge in [-0.3, -0.25) is 5.32 Å². The summed E-state index contributed by atoms with van der Waals surface area (Å²) in [4.78, 5) is 0. The second-order valence-corrected chi connectivity index (χ2v) is 5.76. The van der Waals surface area contributed by atoms with Crippen molar-refractivity contribution in [3.05, 3.63) is 35.4 Å². The van der Waals surface area contributed by atoms with Crippen LogP contribution in [0.4, 0.5) is 0 Å². The van der Waals surface area contributed by atoms with Gasteiger partial charge < -0.3 is 0 Å². The first-order chi connectivity index (χ1) is 8.48. The Kier molecular flexibility index (Phi) is 3.67. The molecule has 4 nitrogen and oxygen atoms in total. The van der Waals surface area contributed by atoms with E-state index < -0.39 is 0 Å². The maximum absolute atomic E-state index is 8.78. The molecule has 1 heterocycles. The molecule has 0 spiro atoms. The fourth-order valence-electron chi connectivity index (χ4n) is 2.18. The lowest BCUT2D eigenvalue weighted by Gasteiger charge is -2.25. The number of hydrazine groups is 1. The molecule has 18 heavy (non-hydrogen) atoms. The Balaban J connectivity index is 1.98. The maximum atomic E-state index is 8.78. The SMILES string of the molecule is CC(C)(C)NC1CC(c2ccc(C#N)cc2)NN1. The molecule has 2 rings (SSSR count). The molecule has 2 atom stereocenters. The van der Waals surface area contributed by atoms with Crippen LogP contribution in [0.5, 0.6) is 0 Å². The largest absolute Gasteiger partial charge is 0.296 e.